The Hall–Kier alpha value is -1.63. The number of nitrogens with one attached hydrogen (secondary N) is 1. The summed E-state index contributed by atoms with van der Waals surface area (Å²) in [5, 5.41) is 2.88. The first kappa shape index (κ1) is 21.7. The lowest BCUT2D eigenvalue weighted by molar-refractivity contribution is -0.126. The van der Waals surface area contributed by atoms with Gasteiger partial charge in [0.05, 0.1) is 17.4 Å². The van der Waals surface area contributed by atoms with Gasteiger partial charge in [0.25, 0.3) is 11.8 Å². The number of hydrogen-bond donors (Lipinski definition) is 2. The number of ether oxygens (including phenoxy) is 1. The molecule has 2 fully saturated rings. The largest absolute Gasteiger partial charge is 0.364 e. The standard InChI is InChI=1S/C20H29N3O3.ClH/c1-23(14-7-3-2-4-8-14)20(25)16-9-5-6-10-17(16)22-19(24)18-12-11-15(13-21)26-18;/h5-6,9-10,14-15,18H,2-4,7-8,11-13,21H2,1H3,(H,22,24);1H/t15-,18+;/m1./s1. The molecule has 6 nitrogen and oxygen atoms in total. The van der Waals surface area contributed by atoms with Crippen LogP contribution in [0.4, 0.5) is 5.69 Å². The van der Waals surface area contributed by atoms with E-state index in [1.54, 1.807) is 12.1 Å². The van der Waals surface area contributed by atoms with Gasteiger partial charge in [0.1, 0.15) is 6.10 Å². The minimum atomic E-state index is -0.497. The maximum absolute atomic E-state index is 13.0. The Bertz CT molecular complexity index is 649. The van der Waals surface area contributed by atoms with Crippen molar-refractivity contribution in [3.8, 4) is 0 Å². The number of carbonyl (C=O) groups excluding carboxylic acids is 2. The number of nitrogens with two attached hydrogens (primary N) is 1. The molecule has 2 atom stereocenters. The van der Waals surface area contributed by atoms with E-state index < -0.39 is 6.10 Å². The third-order valence-corrected chi connectivity index (χ3v) is 5.52. The van der Waals surface area contributed by atoms with Crippen LogP contribution in [0.25, 0.3) is 0 Å². The number of halogens is 1. The van der Waals surface area contributed by atoms with Crippen LogP contribution in [0.2, 0.25) is 0 Å². The zero-order valence-corrected chi connectivity index (χ0v) is 16.7. The van der Waals surface area contributed by atoms with Gasteiger partial charge in [-0.1, -0.05) is 31.4 Å². The van der Waals surface area contributed by atoms with Gasteiger partial charge in [0.2, 0.25) is 0 Å². The van der Waals surface area contributed by atoms with Crippen LogP contribution in [0.5, 0.6) is 0 Å². The van der Waals surface area contributed by atoms with Gasteiger partial charge in [-0.2, -0.15) is 0 Å². The van der Waals surface area contributed by atoms with Gasteiger partial charge in [-0.05, 0) is 37.8 Å². The summed E-state index contributed by atoms with van der Waals surface area (Å²) in [5.41, 5.74) is 6.69. The van der Waals surface area contributed by atoms with E-state index in [0.29, 0.717) is 24.2 Å². The molecule has 1 aromatic carbocycles. The summed E-state index contributed by atoms with van der Waals surface area (Å²) in [7, 11) is 1.86. The SMILES string of the molecule is CN(C(=O)c1ccccc1NC(=O)[C@@H]1CC[C@H](CN)O1)C1CCCCC1.Cl. The second kappa shape index (κ2) is 10.1. The van der Waals surface area contributed by atoms with E-state index in [0.717, 1.165) is 19.3 Å². The summed E-state index contributed by atoms with van der Waals surface area (Å²) in [5.74, 6) is -0.249. The molecule has 0 radical (unpaired) electrons. The fourth-order valence-electron chi connectivity index (χ4n) is 3.89. The van der Waals surface area contributed by atoms with Crippen molar-refractivity contribution in [2.24, 2.45) is 5.73 Å². The van der Waals surface area contributed by atoms with Crippen LogP contribution in [-0.2, 0) is 9.53 Å². The molecule has 0 aromatic heterocycles. The first-order chi connectivity index (χ1) is 12.6. The molecule has 0 spiro atoms. The second-order valence-electron chi connectivity index (χ2n) is 7.30. The molecule has 0 bridgehead atoms. The summed E-state index contributed by atoms with van der Waals surface area (Å²) in [6.45, 7) is 0.422. The summed E-state index contributed by atoms with van der Waals surface area (Å²) < 4.78 is 5.66. The summed E-state index contributed by atoms with van der Waals surface area (Å²) >= 11 is 0. The van der Waals surface area contributed by atoms with E-state index >= 15 is 0 Å². The first-order valence-electron chi connectivity index (χ1n) is 9.62. The highest BCUT2D eigenvalue weighted by Gasteiger charge is 2.31. The number of benzene rings is 1. The van der Waals surface area contributed by atoms with Crippen molar-refractivity contribution in [3.05, 3.63) is 29.8 Å². The van der Waals surface area contributed by atoms with Crippen molar-refractivity contribution >= 4 is 29.9 Å². The monoisotopic (exact) mass is 395 g/mol. The molecule has 1 aromatic rings. The van der Waals surface area contributed by atoms with Crippen molar-refractivity contribution in [2.45, 2.75) is 63.2 Å². The molecule has 1 heterocycles. The van der Waals surface area contributed by atoms with Gasteiger partial charge in [0.15, 0.2) is 0 Å². The Morgan fingerprint density at radius 2 is 1.85 bits per heavy atom. The zero-order valence-electron chi connectivity index (χ0n) is 15.9. The summed E-state index contributed by atoms with van der Waals surface area (Å²) in [6.07, 6.45) is 6.58. The van der Waals surface area contributed by atoms with Crippen LogP contribution in [0.3, 0.4) is 0 Å². The van der Waals surface area contributed by atoms with Crippen LogP contribution < -0.4 is 11.1 Å². The van der Waals surface area contributed by atoms with Crippen molar-refractivity contribution in [2.75, 3.05) is 18.9 Å². The van der Waals surface area contributed by atoms with Gasteiger partial charge in [-0.25, -0.2) is 0 Å². The Labute approximate surface area is 167 Å². The van der Waals surface area contributed by atoms with Crippen molar-refractivity contribution in [1.82, 2.24) is 4.90 Å². The van der Waals surface area contributed by atoms with Crippen LogP contribution in [-0.4, -0.2) is 48.6 Å². The summed E-state index contributed by atoms with van der Waals surface area (Å²) in [4.78, 5) is 27.3. The number of nitrogens with zero attached hydrogens (tertiary/aromatic N) is 1. The topological polar surface area (TPSA) is 84.7 Å². The van der Waals surface area contributed by atoms with Crippen LogP contribution in [0.15, 0.2) is 24.3 Å². The minimum absolute atomic E-state index is 0. The van der Waals surface area contributed by atoms with Gasteiger partial charge in [0, 0.05) is 19.6 Å². The number of para-hydroxylation sites is 1. The highest BCUT2D eigenvalue weighted by Crippen LogP contribution is 2.26. The quantitative estimate of drug-likeness (QED) is 0.802. The van der Waals surface area contributed by atoms with Crippen molar-refractivity contribution in [3.63, 3.8) is 0 Å². The molecule has 3 rings (SSSR count). The van der Waals surface area contributed by atoms with Gasteiger partial charge in [-0.15, -0.1) is 12.4 Å². The van der Waals surface area contributed by atoms with E-state index in [1.807, 2.05) is 24.1 Å². The van der Waals surface area contributed by atoms with E-state index in [1.165, 1.54) is 19.3 Å². The molecular formula is C20H30ClN3O3. The minimum Gasteiger partial charge on any atom is -0.364 e. The average Bonchev–Trinajstić information content (AvgIpc) is 3.17. The summed E-state index contributed by atoms with van der Waals surface area (Å²) in [6, 6.07) is 7.48. The predicted molar refractivity (Wildman–Crippen MR) is 108 cm³/mol. The van der Waals surface area contributed by atoms with E-state index in [2.05, 4.69) is 5.32 Å². The lowest BCUT2D eigenvalue weighted by Gasteiger charge is -2.31. The predicted octanol–water partition coefficient (Wildman–Crippen LogP) is 2.96. The molecule has 0 unspecified atom stereocenters. The molecule has 150 valence electrons. The molecule has 1 aliphatic carbocycles. The molecule has 1 saturated carbocycles. The average molecular weight is 396 g/mol. The maximum atomic E-state index is 13.0. The number of hydrogen-bond acceptors (Lipinski definition) is 4. The lowest BCUT2D eigenvalue weighted by Crippen LogP contribution is -2.39. The molecule has 2 amide bonds. The Morgan fingerprint density at radius 1 is 1.15 bits per heavy atom. The van der Waals surface area contributed by atoms with Crippen molar-refractivity contribution in [1.29, 1.82) is 0 Å². The molecule has 2 aliphatic rings. The Kier molecular flexibility index (Phi) is 8.07. The highest BCUT2D eigenvalue weighted by atomic mass is 35.5. The molecule has 3 N–H and O–H groups in total. The van der Waals surface area contributed by atoms with Gasteiger partial charge in [-0.3, -0.25) is 9.59 Å². The van der Waals surface area contributed by atoms with Crippen LogP contribution in [0, 0.1) is 0 Å². The fraction of sp³-hybridized carbons (Fsp3) is 0.600. The van der Waals surface area contributed by atoms with Gasteiger partial charge < -0.3 is 20.7 Å². The molecule has 1 aliphatic heterocycles. The second-order valence-corrected chi connectivity index (χ2v) is 7.30. The third-order valence-electron chi connectivity index (χ3n) is 5.52. The zero-order chi connectivity index (χ0) is 18.5. The Morgan fingerprint density at radius 3 is 2.52 bits per heavy atom. The Balaban J connectivity index is 0.00000261. The van der Waals surface area contributed by atoms with Crippen molar-refractivity contribution < 1.29 is 14.3 Å². The number of carbonyl (C=O) groups is 2. The first-order valence-corrected chi connectivity index (χ1v) is 9.62. The fourth-order valence-corrected chi connectivity index (χ4v) is 3.89. The molecular weight excluding hydrogens is 366 g/mol. The van der Waals surface area contributed by atoms with E-state index in [-0.39, 0.29) is 36.4 Å². The number of rotatable bonds is 5. The van der Waals surface area contributed by atoms with Crippen LogP contribution >= 0.6 is 12.4 Å². The number of amides is 2. The smallest absolute Gasteiger partial charge is 0.255 e. The maximum Gasteiger partial charge on any atom is 0.255 e. The van der Waals surface area contributed by atoms with Gasteiger partial charge >= 0.3 is 0 Å². The van der Waals surface area contributed by atoms with E-state index in [4.69, 9.17) is 10.5 Å². The normalized spacial score (nSPS) is 22.7. The third kappa shape index (κ3) is 5.21. The molecule has 7 heteroatoms. The molecule has 1 saturated heterocycles. The van der Waals surface area contributed by atoms with Crippen LogP contribution in [0.1, 0.15) is 55.3 Å². The van der Waals surface area contributed by atoms with E-state index in [9.17, 15) is 9.59 Å². The highest BCUT2D eigenvalue weighted by molar-refractivity contribution is 6.04. The number of anilines is 1. The lowest BCUT2D eigenvalue weighted by atomic mass is 9.94. The molecule has 27 heavy (non-hydrogen) atoms.